The minimum atomic E-state index is -1.34. The SMILES string of the molecule is Cl.Fc1c(F)c(N2CCCCC2)c(F)c(F)c1/C=C/CN1CCOCC1. The minimum absolute atomic E-state index is 0. The van der Waals surface area contributed by atoms with Gasteiger partial charge in [-0.15, -0.1) is 12.4 Å². The van der Waals surface area contributed by atoms with Gasteiger partial charge in [0.25, 0.3) is 0 Å². The second-order valence-electron chi connectivity index (χ2n) is 6.38. The summed E-state index contributed by atoms with van der Waals surface area (Å²) in [5.41, 5.74) is -1.25. The van der Waals surface area contributed by atoms with Crippen molar-refractivity contribution in [2.45, 2.75) is 19.3 Å². The number of piperidine rings is 1. The summed E-state index contributed by atoms with van der Waals surface area (Å²) >= 11 is 0. The topological polar surface area (TPSA) is 15.7 Å². The van der Waals surface area contributed by atoms with Crippen LogP contribution in [0.5, 0.6) is 0 Å². The lowest BCUT2D eigenvalue weighted by Gasteiger charge is -2.29. The van der Waals surface area contributed by atoms with Crippen LogP contribution in [-0.4, -0.2) is 50.8 Å². The molecule has 0 atom stereocenters. The number of hydrogen-bond acceptors (Lipinski definition) is 3. The molecule has 0 aliphatic carbocycles. The third-order valence-corrected chi connectivity index (χ3v) is 4.70. The zero-order valence-corrected chi connectivity index (χ0v) is 15.3. The first-order valence-electron chi connectivity index (χ1n) is 8.67. The first kappa shape index (κ1) is 21.0. The number of halogens is 5. The van der Waals surface area contributed by atoms with Gasteiger partial charge in [-0.05, 0) is 19.3 Å². The van der Waals surface area contributed by atoms with Crippen LogP contribution in [0.15, 0.2) is 6.08 Å². The molecule has 0 radical (unpaired) electrons. The van der Waals surface area contributed by atoms with E-state index in [0.717, 1.165) is 25.3 Å². The van der Waals surface area contributed by atoms with Gasteiger partial charge < -0.3 is 9.64 Å². The number of rotatable bonds is 4. The van der Waals surface area contributed by atoms with Crippen LogP contribution in [-0.2, 0) is 4.74 Å². The maximum absolute atomic E-state index is 14.4. The lowest BCUT2D eigenvalue weighted by Crippen LogP contribution is -2.36. The Kier molecular flexibility index (Phi) is 7.73. The predicted octanol–water partition coefficient (Wildman–Crippen LogP) is 4.00. The number of morpholine rings is 1. The average Bonchev–Trinajstić information content (AvgIpc) is 2.65. The summed E-state index contributed by atoms with van der Waals surface area (Å²) < 4.78 is 62.6. The number of anilines is 1. The highest BCUT2D eigenvalue weighted by molar-refractivity contribution is 5.85. The summed E-state index contributed by atoms with van der Waals surface area (Å²) in [6.45, 7) is 3.88. The fraction of sp³-hybridized carbons (Fsp3) is 0.556. The van der Waals surface area contributed by atoms with Gasteiger partial charge in [-0.25, -0.2) is 17.6 Å². The normalized spacial score (nSPS) is 19.0. The average molecular weight is 395 g/mol. The van der Waals surface area contributed by atoms with Crippen molar-refractivity contribution in [3.8, 4) is 0 Å². The molecule has 0 bridgehead atoms. The lowest BCUT2D eigenvalue weighted by atomic mass is 10.1. The summed E-state index contributed by atoms with van der Waals surface area (Å²) in [5.74, 6) is -5.30. The van der Waals surface area contributed by atoms with Crippen LogP contribution in [0.2, 0.25) is 0 Å². The molecule has 0 N–H and O–H groups in total. The quantitative estimate of drug-likeness (QED) is 0.567. The molecule has 2 heterocycles. The van der Waals surface area contributed by atoms with E-state index in [9.17, 15) is 17.6 Å². The maximum Gasteiger partial charge on any atom is 0.185 e. The van der Waals surface area contributed by atoms with E-state index in [4.69, 9.17) is 4.74 Å². The molecule has 1 aromatic rings. The second kappa shape index (κ2) is 9.58. The second-order valence-corrected chi connectivity index (χ2v) is 6.38. The Bertz CT molecular complexity index is 616. The third-order valence-electron chi connectivity index (χ3n) is 4.70. The summed E-state index contributed by atoms with van der Waals surface area (Å²) in [7, 11) is 0. The highest BCUT2D eigenvalue weighted by atomic mass is 35.5. The van der Waals surface area contributed by atoms with Gasteiger partial charge in [0.05, 0.1) is 18.8 Å². The molecule has 2 aliphatic heterocycles. The van der Waals surface area contributed by atoms with E-state index < -0.39 is 34.5 Å². The summed E-state index contributed by atoms with van der Waals surface area (Å²) in [4.78, 5) is 3.42. The summed E-state index contributed by atoms with van der Waals surface area (Å²) in [6.07, 6.45) is 5.10. The fourth-order valence-corrected chi connectivity index (χ4v) is 3.28. The molecular formula is C18H23ClF4N2O. The van der Waals surface area contributed by atoms with Crippen molar-refractivity contribution in [2.24, 2.45) is 0 Å². The Morgan fingerprint density at radius 1 is 0.808 bits per heavy atom. The van der Waals surface area contributed by atoms with E-state index in [1.165, 1.54) is 11.0 Å². The standard InChI is InChI=1S/C18H22F4N2O.ClH/c19-14-13(5-4-6-23-9-11-25-12-10-23)15(20)17(22)18(16(14)21)24-7-2-1-3-8-24;/h4-5H,1-3,6-12H2;1H/b5-4+;. The molecule has 0 saturated carbocycles. The molecule has 1 aromatic carbocycles. The molecular weight excluding hydrogens is 372 g/mol. The van der Waals surface area contributed by atoms with Gasteiger partial charge in [0.2, 0.25) is 0 Å². The van der Waals surface area contributed by atoms with Crippen LogP contribution in [0.4, 0.5) is 23.2 Å². The minimum Gasteiger partial charge on any atom is -0.379 e. The smallest absolute Gasteiger partial charge is 0.185 e. The van der Waals surface area contributed by atoms with Crippen molar-refractivity contribution in [1.82, 2.24) is 4.90 Å². The molecule has 2 aliphatic rings. The van der Waals surface area contributed by atoms with Crippen molar-refractivity contribution in [1.29, 1.82) is 0 Å². The van der Waals surface area contributed by atoms with Crippen LogP contribution < -0.4 is 4.90 Å². The molecule has 0 spiro atoms. The van der Waals surface area contributed by atoms with Gasteiger partial charge >= 0.3 is 0 Å². The highest BCUT2D eigenvalue weighted by Crippen LogP contribution is 2.33. The Hall–Kier alpha value is -1.31. The first-order valence-corrected chi connectivity index (χ1v) is 8.67. The van der Waals surface area contributed by atoms with Crippen LogP contribution in [0.25, 0.3) is 6.08 Å². The maximum atomic E-state index is 14.4. The summed E-state index contributed by atoms with van der Waals surface area (Å²) in [6, 6.07) is 0. The van der Waals surface area contributed by atoms with Crippen molar-refractivity contribution in [3.05, 3.63) is 34.9 Å². The first-order chi connectivity index (χ1) is 12.1. The summed E-state index contributed by atoms with van der Waals surface area (Å²) in [5, 5.41) is 0. The monoisotopic (exact) mass is 394 g/mol. The number of ether oxygens (including phenoxy) is 1. The van der Waals surface area contributed by atoms with Gasteiger partial charge in [-0.3, -0.25) is 4.90 Å². The zero-order valence-electron chi connectivity index (χ0n) is 14.4. The Morgan fingerprint density at radius 2 is 1.38 bits per heavy atom. The molecule has 2 fully saturated rings. The predicted molar refractivity (Wildman–Crippen MR) is 95.9 cm³/mol. The van der Waals surface area contributed by atoms with E-state index >= 15 is 0 Å². The van der Waals surface area contributed by atoms with Crippen molar-refractivity contribution in [2.75, 3.05) is 50.8 Å². The van der Waals surface area contributed by atoms with Gasteiger partial charge in [-0.2, -0.15) is 0 Å². The van der Waals surface area contributed by atoms with E-state index in [1.807, 2.05) is 4.90 Å². The van der Waals surface area contributed by atoms with E-state index in [-0.39, 0.29) is 12.4 Å². The third kappa shape index (κ3) is 4.50. The van der Waals surface area contributed by atoms with E-state index in [1.54, 1.807) is 0 Å². The van der Waals surface area contributed by atoms with Crippen molar-refractivity contribution < 1.29 is 22.3 Å². The van der Waals surface area contributed by atoms with Gasteiger partial charge in [0, 0.05) is 32.7 Å². The lowest BCUT2D eigenvalue weighted by molar-refractivity contribution is 0.0435. The number of benzene rings is 1. The zero-order chi connectivity index (χ0) is 17.8. The van der Waals surface area contributed by atoms with Gasteiger partial charge in [0.1, 0.15) is 5.69 Å². The molecule has 3 rings (SSSR count). The van der Waals surface area contributed by atoms with Gasteiger partial charge in [-0.1, -0.05) is 12.2 Å². The van der Waals surface area contributed by atoms with Crippen molar-refractivity contribution >= 4 is 24.2 Å². The molecule has 26 heavy (non-hydrogen) atoms. The largest absolute Gasteiger partial charge is 0.379 e. The molecule has 8 heteroatoms. The van der Waals surface area contributed by atoms with Crippen LogP contribution in [0, 0.1) is 23.3 Å². The molecule has 0 amide bonds. The Balaban J connectivity index is 0.00000243. The number of hydrogen-bond donors (Lipinski definition) is 0. The van der Waals surface area contributed by atoms with Gasteiger partial charge in [0.15, 0.2) is 23.3 Å². The van der Waals surface area contributed by atoms with Crippen LogP contribution >= 0.6 is 12.4 Å². The Labute approximate surface area is 157 Å². The van der Waals surface area contributed by atoms with E-state index in [0.29, 0.717) is 45.9 Å². The Morgan fingerprint density at radius 3 is 1.96 bits per heavy atom. The molecule has 146 valence electrons. The molecule has 0 unspecified atom stereocenters. The van der Waals surface area contributed by atoms with Crippen LogP contribution in [0.3, 0.4) is 0 Å². The number of nitrogens with zero attached hydrogens (tertiary/aromatic N) is 2. The molecule has 3 nitrogen and oxygen atoms in total. The van der Waals surface area contributed by atoms with Crippen LogP contribution in [0.1, 0.15) is 24.8 Å². The molecule has 2 saturated heterocycles. The van der Waals surface area contributed by atoms with E-state index in [2.05, 4.69) is 0 Å². The molecule has 0 aromatic heterocycles. The van der Waals surface area contributed by atoms with Crippen molar-refractivity contribution in [3.63, 3.8) is 0 Å². The highest BCUT2D eigenvalue weighted by Gasteiger charge is 2.28. The fourth-order valence-electron chi connectivity index (χ4n) is 3.28.